The molecule has 1 amide bonds. The van der Waals surface area contributed by atoms with Gasteiger partial charge in [-0.25, -0.2) is 9.97 Å². The van der Waals surface area contributed by atoms with Crippen LogP contribution in [0.5, 0.6) is 0 Å². The van der Waals surface area contributed by atoms with E-state index >= 15 is 0 Å². The van der Waals surface area contributed by atoms with E-state index in [1.807, 2.05) is 47.4 Å². The van der Waals surface area contributed by atoms with Crippen molar-refractivity contribution in [2.75, 3.05) is 38.5 Å². The van der Waals surface area contributed by atoms with Crippen LogP contribution in [0.1, 0.15) is 10.4 Å². The minimum atomic E-state index is 0.0928. The zero-order valence-electron chi connectivity index (χ0n) is 15.5. The number of nitrogens with zero attached hydrogens (tertiary/aromatic N) is 4. The Morgan fingerprint density at radius 3 is 2.71 bits per heavy atom. The molecule has 142 valence electrons. The van der Waals surface area contributed by atoms with Gasteiger partial charge in [-0.05, 0) is 37.4 Å². The van der Waals surface area contributed by atoms with Gasteiger partial charge < -0.3 is 20.1 Å². The summed E-state index contributed by atoms with van der Waals surface area (Å²) in [5.74, 6) is 0.754. The molecule has 3 heterocycles. The molecule has 0 saturated carbocycles. The van der Waals surface area contributed by atoms with Crippen molar-refractivity contribution < 1.29 is 4.79 Å². The number of anilines is 2. The maximum atomic E-state index is 12.8. The van der Waals surface area contributed by atoms with Crippen molar-refractivity contribution in [2.45, 2.75) is 0 Å². The van der Waals surface area contributed by atoms with Crippen molar-refractivity contribution in [3.63, 3.8) is 0 Å². The lowest BCUT2D eigenvalue weighted by Crippen LogP contribution is -2.47. The topological polar surface area (TPSA) is 77.2 Å². The molecule has 0 spiro atoms. The molecular weight excluding hydrogens is 372 g/mol. The highest BCUT2D eigenvalue weighted by atomic mass is 32.1. The largest absolute Gasteiger partial charge is 0.336 e. The van der Waals surface area contributed by atoms with Crippen LogP contribution >= 0.6 is 11.3 Å². The molecule has 0 aliphatic carbocycles. The molecule has 8 heteroatoms. The van der Waals surface area contributed by atoms with Gasteiger partial charge in [0.15, 0.2) is 5.13 Å². The number of thiazole rings is 1. The molecule has 0 radical (unpaired) electrons. The maximum absolute atomic E-state index is 12.8. The number of aromatic amines is 1. The smallest absolute Gasteiger partial charge is 0.253 e. The molecule has 1 fully saturated rings. The average Bonchev–Trinajstić information content (AvgIpc) is 3.30. The van der Waals surface area contributed by atoms with Crippen LogP contribution in [0.4, 0.5) is 11.1 Å². The molecule has 2 aromatic heterocycles. The lowest BCUT2D eigenvalue weighted by molar-refractivity contribution is 0.0664. The number of H-pyrrole nitrogens is 1. The van der Waals surface area contributed by atoms with Crippen LogP contribution in [-0.4, -0.2) is 63.9 Å². The number of hydrogen-bond acceptors (Lipinski definition) is 6. The van der Waals surface area contributed by atoms with Crippen LogP contribution < -0.4 is 5.32 Å². The van der Waals surface area contributed by atoms with Crippen molar-refractivity contribution in [1.82, 2.24) is 24.8 Å². The Hall–Kier alpha value is -2.97. The fraction of sp³-hybridized carbons (Fsp3) is 0.250. The molecule has 1 saturated heterocycles. The van der Waals surface area contributed by atoms with E-state index < -0.39 is 0 Å². The maximum Gasteiger partial charge on any atom is 0.253 e. The number of nitrogens with one attached hydrogen (secondary N) is 2. The zero-order valence-corrected chi connectivity index (χ0v) is 16.3. The minimum Gasteiger partial charge on any atom is -0.336 e. The summed E-state index contributed by atoms with van der Waals surface area (Å²) < 4.78 is 0.985. The Balaban J connectivity index is 1.38. The molecule has 5 rings (SSSR count). The summed E-state index contributed by atoms with van der Waals surface area (Å²) in [7, 11) is 2.09. The Labute approximate surface area is 166 Å². The van der Waals surface area contributed by atoms with Gasteiger partial charge in [-0.3, -0.25) is 4.79 Å². The van der Waals surface area contributed by atoms with Crippen LogP contribution in [0, 0.1) is 0 Å². The first-order chi connectivity index (χ1) is 13.7. The first kappa shape index (κ1) is 17.2. The molecule has 0 bridgehead atoms. The van der Waals surface area contributed by atoms with Gasteiger partial charge >= 0.3 is 0 Å². The zero-order chi connectivity index (χ0) is 19.1. The van der Waals surface area contributed by atoms with Gasteiger partial charge in [-0.1, -0.05) is 23.5 Å². The molecule has 1 aliphatic rings. The minimum absolute atomic E-state index is 0.0928. The van der Waals surface area contributed by atoms with E-state index in [1.165, 1.54) is 11.3 Å². The summed E-state index contributed by atoms with van der Waals surface area (Å²) in [6.07, 6.45) is 0. The van der Waals surface area contributed by atoms with Crippen molar-refractivity contribution in [3.8, 4) is 0 Å². The Morgan fingerprint density at radius 1 is 1.07 bits per heavy atom. The van der Waals surface area contributed by atoms with Gasteiger partial charge in [0, 0.05) is 31.7 Å². The highest BCUT2D eigenvalue weighted by Gasteiger charge is 2.21. The highest BCUT2D eigenvalue weighted by molar-refractivity contribution is 7.22. The summed E-state index contributed by atoms with van der Waals surface area (Å²) in [6.45, 7) is 3.38. The number of para-hydroxylation sites is 2. The second-order valence-corrected chi connectivity index (χ2v) is 8.06. The summed E-state index contributed by atoms with van der Waals surface area (Å²) in [4.78, 5) is 29.4. The Bertz CT molecular complexity index is 1120. The van der Waals surface area contributed by atoms with Crippen LogP contribution in [0.15, 0.2) is 42.5 Å². The number of likely N-dealkylation sites (N-methyl/N-ethyl adjacent to an activating group) is 1. The first-order valence-corrected chi connectivity index (χ1v) is 10.1. The molecule has 7 nitrogen and oxygen atoms in total. The molecule has 28 heavy (non-hydrogen) atoms. The standard InChI is InChI=1S/C20H20N6OS/c1-25-8-10-26(11-9-25)18(27)13-6-7-16-17(12-13)28-20(23-16)24-19-21-14-4-2-3-5-15(14)22-19/h2-7,12H,8-11H2,1H3,(H2,21,22,23,24). The van der Waals surface area contributed by atoms with Crippen molar-refractivity contribution in [2.24, 2.45) is 0 Å². The number of imidazole rings is 1. The van der Waals surface area contributed by atoms with E-state index in [4.69, 9.17) is 0 Å². The average molecular weight is 392 g/mol. The monoisotopic (exact) mass is 392 g/mol. The van der Waals surface area contributed by atoms with Crippen LogP contribution in [-0.2, 0) is 0 Å². The molecule has 4 aromatic rings. The number of rotatable bonds is 3. The molecule has 2 aromatic carbocycles. The number of amides is 1. The third-order valence-corrected chi connectivity index (χ3v) is 5.97. The number of hydrogen-bond donors (Lipinski definition) is 2. The summed E-state index contributed by atoms with van der Waals surface area (Å²) in [5.41, 5.74) is 3.48. The molecule has 2 N–H and O–H groups in total. The van der Waals surface area contributed by atoms with E-state index in [2.05, 4.69) is 32.2 Å². The van der Waals surface area contributed by atoms with Gasteiger partial charge in [-0.15, -0.1) is 0 Å². The predicted molar refractivity (Wildman–Crippen MR) is 112 cm³/mol. The van der Waals surface area contributed by atoms with Crippen LogP contribution in [0.3, 0.4) is 0 Å². The SMILES string of the molecule is CN1CCN(C(=O)c2ccc3nc(Nc4nc5ccccc5[nH]4)sc3c2)CC1. The Kier molecular flexibility index (Phi) is 4.22. The molecule has 1 aliphatic heterocycles. The molecular formula is C20H20N6OS. The number of benzene rings is 2. The van der Waals surface area contributed by atoms with E-state index in [-0.39, 0.29) is 5.91 Å². The Morgan fingerprint density at radius 2 is 1.89 bits per heavy atom. The van der Waals surface area contributed by atoms with Gasteiger partial charge in [0.05, 0.1) is 21.3 Å². The van der Waals surface area contributed by atoms with E-state index in [0.717, 1.165) is 58.1 Å². The van der Waals surface area contributed by atoms with Crippen molar-refractivity contribution in [3.05, 3.63) is 48.0 Å². The van der Waals surface area contributed by atoms with Crippen LogP contribution in [0.2, 0.25) is 0 Å². The predicted octanol–water partition coefficient (Wildman–Crippen LogP) is 3.30. The summed E-state index contributed by atoms with van der Waals surface area (Å²) >= 11 is 1.52. The van der Waals surface area contributed by atoms with Crippen molar-refractivity contribution in [1.29, 1.82) is 0 Å². The number of carbonyl (C=O) groups excluding carboxylic acids is 1. The van der Waals surface area contributed by atoms with E-state index in [1.54, 1.807) is 0 Å². The lowest BCUT2D eigenvalue weighted by Gasteiger charge is -2.32. The fourth-order valence-electron chi connectivity index (χ4n) is 3.42. The van der Waals surface area contributed by atoms with E-state index in [9.17, 15) is 4.79 Å². The van der Waals surface area contributed by atoms with Gasteiger partial charge in [0.1, 0.15) is 0 Å². The second-order valence-electron chi connectivity index (χ2n) is 7.02. The van der Waals surface area contributed by atoms with Gasteiger partial charge in [0.25, 0.3) is 5.91 Å². The molecule has 0 atom stereocenters. The quantitative estimate of drug-likeness (QED) is 0.559. The first-order valence-electron chi connectivity index (χ1n) is 9.26. The fourth-order valence-corrected chi connectivity index (χ4v) is 4.32. The summed E-state index contributed by atoms with van der Waals surface area (Å²) in [5, 5.41) is 3.99. The number of fused-ring (bicyclic) bond motifs is 2. The van der Waals surface area contributed by atoms with Crippen molar-refractivity contribution >= 4 is 49.6 Å². The lowest BCUT2D eigenvalue weighted by atomic mass is 10.1. The summed E-state index contributed by atoms with van der Waals surface area (Å²) in [6, 6.07) is 13.6. The number of piperazine rings is 1. The highest BCUT2D eigenvalue weighted by Crippen LogP contribution is 2.29. The molecule has 0 unspecified atom stereocenters. The third-order valence-electron chi connectivity index (χ3n) is 5.04. The van der Waals surface area contributed by atoms with E-state index in [0.29, 0.717) is 5.95 Å². The van der Waals surface area contributed by atoms with Gasteiger partial charge in [-0.2, -0.15) is 0 Å². The normalized spacial score (nSPS) is 15.4. The second kappa shape index (κ2) is 6.88. The number of carbonyl (C=O) groups is 1. The number of aromatic nitrogens is 3. The van der Waals surface area contributed by atoms with Crippen LogP contribution in [0.25, 0.3) is 21.3 Å². The van der Waals surface area contributed by atoms with Gasteiger partial charge in [0.2, 0.25) is 5.95 Å². The third kappa shape index (κ3) is 3.21.